The standard InChI is InChI=1S/C16H25N3/c1-2-10-18(9-1)13-15-3-5-16(6-4-15)14-19-11-7-17-8-12-19/h3-6,17H,1-2,7-14H2. The van der Waals surface area contributed by atoms with E-state index in [-0.39, 0.29) is 0 Å². The summed E-state index contributed by atoms with van der Waals surface area (Å²) in [5.41, 5.74) is 2.91. The maximum Gasteiger partial charge on any atom is 0.0234 e. The molecule has 19 heavy (non-hydrogen) atoms. The number of nitrogens with one attached hydrogen (secondary N) is 1. The van der Waals surface area contributed by atoms with Gasteiger partial charge in [0.25, 0.3) is 0 Å². The van der Waals surface area contributed by atoms with Crippen molar-refractivity contribution in [3.63, 3.8) is 0 Å². The van der Waals surface area contributed by atoms with Gasteiger partial charge in [0, 0.05) is 39.3 Å². The van der Waals surface area contributed by atoms with Gasteiger partial charge in [-0.1, -0.05) is 24.3 Å². The molecule has 0 aliphatic carbocycles. The molecule has 1 aromatic rings. The number of benzene rings is 1. The average molecular weight is 259 g/mol. The lowest BCUT2D eigenvalue weighted by Crippen LogP contribution is -2.42. The van der Waals surface area contributed by atoms with Crippen LogP contribution >= 0.6 is 0 Å². The van der Waals surface area contributed by atoms with Gasteiger partial charge in [0.15, 0.2) is 0 Å². The van der Waals surface area contributed by atoms with Crippen molar-refractivity contribution in [1.29, 1.82) is 0 Å². The summed E-state index contributed by atoms with van der Waals surface area (Å²) >= 11 is 0. The number of likely N-dealkylation sites (tertiary alicyclic amines) is 1. The van der Waals surface area contributed by atoms with Crippen LogP contribution in [-0.4, -0.2) is 49.1 Å². The average Bonchev–Trinajstić information content (AvgIpc) is 2.95. The zero-order valence-corrected chi connectivity index (χ0v) is 11.8. The van der Waals surface area contributed by atoms with E-state index in [0.717, 1.165) is 26.2 Å². The summed E-state index contributed by atoms with van der Waals surface area (Å²) in [5, 5.41) is 3.40. The zero-order valence-electron chi connectivity index (χ0n) is 11.8. The van der Waals surface area contributed by atoms with Crippen LogP contribution in [0.4, 0.5) is 0 Å². The number of nitrogens with zero attached hydrogens (tertiary/aromatic N) is 2. The third-order valence-corrected chi connectivity index (χ3v) is 4.24. The number of hydrogen-bond acceptors (Lipinski definition) is 3. The Morgan fingerprint density at radius 3 is 1.74 bits per heavy atom. The van der Waals surface area contributed by atoms with Crippen molar-refractivity contribution in [3.8, 4) is 0 Å². The third-order valence-electron chi connectivity index (χ3n) is 4.24. The fourth-order valence-corrected chi connectivity index (χ4v) is 3.08. The Bertz CT molecular complexity index is 375. The van der Waals surface area contributed by atoms with Crippen molar-refractivity contribution in [2.24, 2.45) is 0 Å². The highest BCUT2D eigenvalue weighted by Crippen LogP contribution is 2.14. The summed E-state index contributed by atoms with van der Waals surface area (Å²) in [7, 11) is 0. The highest BCUT2D eigenvalue weighted by atomic mass is 15.2. The molecule has 3 nitrogen and oxygen atoms in total. The quantitative estimate of drug-likeness (QED) is 0.887. The van der Waals surface area contributed by atoms with Crippen LogP contribution in [0.25, 0.3) is 0 Å². The van der Waals surface area contributed by atoms with Crippen LogP contribution in [-0.2, 0) is 13.1 Å². The van der Waals surface area contributed by atoms with E-state index in [1.807, 2.05) is 0 Å². The first-order valence-electron chi connectivity index (χ1n) is 7.63. The lowest BCUT2D eigenvalue weighted by molar-refractivity contribution is 0.233. The second kappa shape index (κ2) is 6.51. The van der Waals surface area contributed by atoms with Crippen LogP contribution in [0.1, 0.15) is 24.0 Å². The van der Waals surface area contributed by atoms with Gasteiger partial charge in [0.1, 0.15) is 0 Å². The molecule has 2 aliphatic heterocycles. The van der Waals surface area contributed by atoms with E-state index in [1.54, 1.807) is 0 Å². The van der Waals surface area contributed by atoms with E-state index in [2.05, 4.69) is 39.4 Å². The maximum atomic E-state index is 3.40. The molecule has 0 amide bonds. The lowest BCUT2D eigenvalue weighted by Gasteiger charge is -2.27. The molecule has 3 rings (SSSR count). The van der Waals surface area contributed by atoms with Crippen LogP contribution < -0.4 is 5.32 Å². The SMILES string of the molecule is c1cc(CN2CCNCC2)ccc1CN1CCCC1. The van der Waals surface area contributed by atoms with E-state index in [4.69, 9.17) is 0 Å². The summed E-state index contributed by atoms with van der Waals surface area (Å²) in [5.74, 6) is 0. The summed E-state index contributed by atoms with van der Waals surface area (Å²) in [6.07, 6.45) is 2.75. The van der Waals surface area contributed by atoms with Crippen LogP contribution in [0.2, 0.25) is 0 Å². The Morgan fingerprint density at radius 1 is 0.737 bits per heavy atom. The molecule has 0 spiro atoms. The highest BCUT2D eigenvalue weighted by Gasteiger charge is 2.12. The van der Waals surface area contributed by atoms with E-state index < -0.39 is 0 Å². The normalized spacial score (nSPS) is 21.9. The molecular weight excluding hydrogens is 234 g/mol. The molecule has 1 N–H and O–H groups in total. The molecule has 0 radical (unpaired) electrons. The largest absolute Gasteiger partial charge is 0.314 e. The van der Waals surface area contributed by atoms with Crippen molar-refractivity contribution < 1.29 is 0 Å². The van der Waals surface area contributed by atoms with Gasteiger partial charge in [-0.3, -0.25) is 9.80 Å². The summed E-state index contributed by atoms with van der Waals surface area (Å²) in [6, 6.07) is 9.26. The molecule has 0 unspecified atom stereocenters. The van der Waals surface area contributed by atoms with Gasteiger partial charge >= 0.3 is 0 Å². The molecule has 2 aliphatic rings. The van der Waals surface area contributed by atoms with E-state index in [9.17, 15) is 0 Å². The second-order valence-electron chi connectivity index (χ2n) is 5.83. The first kappa shape index (κ1) is 13.1. The fourth-order valence-electron chi connectivity index (χ4n) is 3.08. The second-order valence-corrected chi connectivity index (χ2v) is 5.83. The van der Waals surface area contributed by atoms with Crippen molar-refractivity contribution >= 4 is 0 Å². The molecule has 104 valence electrons. The molecule has 0 saturated carbocycles. The molecule has 0 bridgehead atoms. The predicted octanol–water partition coefficient (Wildman–Crippen LogP) is 1.69. The van der Waals surface area contributed by atoms with Gasteiger partial charge in [-0.25, -0.2) is 0 Å². The van der Waals surface area contributed by atoms with Gasteiger partial charge in [0.05, 0.1) is 0 Å². The molecule has 2 saturated heterocycles. The predicted molar refractivity (Wildman–Crippen MR) is 79.1 cm³/mol. The van der Waals surface area contributed by atoms with Crippen LogP contribution in [0, 0.1) is 0 Å². The molecule has 0 atom stereocenters. The monoisotopic (exact) mass is 259 g/mol. The van der Waals surface area contributed by atoms with Crippen LogP contribution in [0.15, 0.2) is 24.3 Å². The van der Waals surface area contributed by atoms with Gasteiger partial charge in [-0.05, 0) is 37.1 Å². The van der Waals surface area contributed by atoms with Crippen LogP contribution in [0.3, 0.4) is 0 Å². The fraction of sp³-hybridized carbons (Fsp3) is 0.625. The van der Waals surface area contributed by atoms with Crippen molar-refractivity contribution in [1.82, 2.24) is 15.1 Å². The summed E-state index contributed by atoms with van der Waals surface area (Å²) < 4.78 is 0. The van der Waals surface area contributed by atoms with Gasteiger partial charge in [-0.2, -0.15) is 0 Å². The first-order chi connectivity index (χ1) is 9.40. The maximum absolute atomic E-state index is 3.40. The van der Waals surface area contributed by atoms with Gasteiger partial charge < -0.3 is 5.32 Å². The molecule has 2 fully saturated rings. The smallest absolute Gasteiger partial charge is 0.0234 e. The third kappa shape index (κ3) is 3.78. The Kier molecular flexibility index (Phi) is 4.49. The number of piperazine rings is 1. The molecule has 1 aromatic carbocycles. The topological polar surface area (TPSA) is 18.5 Å². The Labute approximate surface area is 116 Å². The van der Waals surface area contributed by atoms with Gasteiger partial charge in [-0.15, -0.1) is 0 Å². The lowest BCUT2D eigenvalue weighted by atomic mass is 10.1. The molecule has 3 heteroatoms. The zero-order chi connectivity index (χ0) is 12.9. The van der Waals surface area contributed by atoms with E-state index in [1.165, 1.54) is 50.1 Å². The molecular formula is C16H25N3. The van der Waals surface area contributed by atoms with Gasteiger partial charge in [0.2, 0.25) is 0 Å². The minimum Gasteiger partial charge on any atom is -0.314 e. The van der Waals surface area contributed by atoms with E-state index in [0.29, 0.717) is 0 Å². The summed E-state index contributed by atoms with van der Waals surface area (Å²) in [4.78, 5) is 5.09. The Balaban J connectivity index is 1.52. The minimum atomic E-state index is 1.10. The van der Waals surface area contributed by atoms with Crippen molar-refractivity contribution in [3.05, 3.63) is 35.4 Å². The molecule has 0 aromatic heterocycles. The number of hydrogen-bond donors (Lipinski definition) is 1. The molecule has 2 heterocycles. The highest BCUT2D eigenvalue weighted by molar-refractivity contribution is 5.22. The van der Waals surface area contributed by atoms with Crippen molar-refractivity contribution in [2.75, 3.05) is 39.3 Å². The van der Waals surface area contributed by atoms with Crippen LogP contribution in [0.5, 0.6) is 0 Å². The van der Waals surface area contributed by atoms with Crippen molar-refractivity contribution in [2.45, 2.75) is 25.9 Å². The minimum absolute atomic E-state index is 1.10. The first-order valence-corrected chi connectivity index (χ1v) is 7.63. The van der Waals surface area contributed by atoms with E-state index >= 15 is 0 Å². The number of rotatable bonds is 4. The Hall–Kier alpha value is -0.900. The Morgan fingerprint density at radius 2 is 1.21 bits per heavy atom. The summed E-state index contributed by atoms with van der Waals surface area (Å²) in [6.45, 7) is 9.41.